The second kappa shape index (κ2) is 15.6. The number of carbonyl (C=O) groups is 1. The minimum atomic E-state index is 0.0255. The molecule has 0 saturated carbocycles. The first-order valence-corrected chi connectivity index (χ1v) is 11.8. The van der Waals surface area contributed by atoms with Crippen LogP contribution in [-0.4, -0.2) is 17.4 Å². The van der Waals surface area contributed by atoms with Gasteiger partial charge in [0.25, 0.3) is 5.91 Å². The molecule has 164 valence electrons. The van der Waals surface area contributed by atoms with Crippen molar-refractivity contribution in [2.45, 2.75) is 84.2 Å². The van der Waals surface area contributed by atoms with E-state index in [1.807, 2.05) is 42.5 Å². The van der Waals surface area contributed by atoms with E-state index < -0.39 is 0 Å². The van der Waals surface area contributed by atoms with Crippen LogP contribution >= 0.6 is 0 Å². The van der Waals surface area contributed by atoms with Crippen LogP contribution in [0.1, 0.15) is 92.7 Å². The molecule has 0 aliphatic carbocycles. The van der Waals surface area contributed by atoms with Gasteiger partial charge in [0.1, 0.15) is 0 Å². The minimum absolute atomic E-state index is 0.0255. The molecule has 30 heavy (non-hydrogen) atoms. The molecule has 0 spiro atoms. The second-order valence-corrected chi connectivity index (χ2v) is 8.06. The topological polar surface area (TPSA) is 54.0 Å². The number of hydrogen-bond acceptors (Lipinski definition) is 3. The zero-order valence-electron chi connectivity index (χ0n) is 18.7. The van der Waals surface area contributed by atoms with Gasteiger partial charge >= 0.3 is 0 Å². The molecule has 4 heteroatoms. The highest BCUT2D eigenvalue weighted by Crippen LogP contribution is 2.10. The molecule has 1 heterocycles. The summed E-state index contributed by atoms with van der Waals surface area (Å²) in [5.74, 6) is 0.0255. The summed E-state index contributed by atoms with van der Waals surface area (Å²) in [7, 11) is 0. The zero-order valence-corrected chi connectivity index (χ0v) is 18.7. The number of hydrogen-bond donors (Lipinski definition) is 2. The maximum atomic E-state index is 12.4. The Bertz CT molecular complexity index is 702. The quantitative estimate of drug-likeness (QED) is 0.333. The molecule has 0 fully saturated rings. The highest BCUT2D eigenvalue weighted by Gasteiger charge is 2.05. The molecule has 0 saturated heterocycles. The van der Waals surface area contributed by atoms with Gasteiger partial charge in [0.15, 0.2) is 0 Å². The predicted octanol–water partition coefficient (Wildman–Crippen LogP) is 6.02. The Morgan fingerprint density at radius 1 is 0.833 bits per heavy atom. The number of aromatic nitrogens is 1. The molecule has 2 N–H and O–H groups in total. The highest BCUT2D eigenvalue weighted by molar-refractivity contribution is 5.94. The van der Waals surface area contributed by atoms with Gasteiger partial charge in [0.2, 0.25) is 0 Å². The van der Waals surface area contributed by atoms with Crippen LogP contribution in [0, 0.1) is 0 Å². The molecule has 1 aromatic carbocycles. The fourth-order valence-electron chi connectivity index (χ4n) is 3.58. The van der Waals surface area contributed by atoms with E-state index in [1.54, 1.807) is 6.20 Å². The van der Waals surface area contributed by atoms with E-state index in [0.717, 1.165) is 42.9 Å². The van der Waals surface area contributed by atoms with Crippen molar-refractivity contribution in [1.82, 2.24) is 15.6 Å². The van der Waals surface area contributed by atoms with Gasteiger partial charge in [-0.15, -0.1) is 0 Å². The van der Waals surface area contributed by atoms with E-state index >= 15 is 0 Å². The van der Waals surface area contributed by atoms with Gasteiger partial charge < -0.3 is 10.6 Å². The van der Waals surface area contributed by atoms with Gasteiger partial charge in [-0.25, -0.2) is 0 Å². The number of unbranched alkanes of at least 4 members (excludes halogenated alkanes) is 9. The average Bonchev–Trinajstić information content (AvgIpc) is 2.78. The minimum Gasteiger partial charge on any atom is -0.352 e. The Hall–Kier alpha value is -2.20. The third-order valence-electron chi connectivity index (χ3n) is 5.37. The van der Waals surface area contributed by atoms with Crippen LogP contribution in [0.2, 0.25) is 0 Å². The van der Waals surface area contributed by atoms with Crippen LogP contribution < -0.4 is 10.6 Å². The van der Waals surface area contributed by atoms with E-state index in [4.69, 9.17) is 0 Å². The highest BCUT2D eigenvalue weighted by atomic mass is 16.1. The van der Waals surface area contributed by atoms with Crippen LogP contribution in [0.3, 0.4) is 0 Å². The number of nitrogens with zero attached hydrogens (tertiary/aromatic N) is 1. The van der Waals surface area contributed by atoms with Crippen LogP contribution in [0.5, 0.6) is 0 Å². The Morgan fingerprint density at radius 2 is 1.57 bits per heavy atom. The summed E-state index contributed by atoms with van der Waals surface area (Å²) in [5, 5.41) is 6.44. The van der Waals surface area contributed by atoms with Crippen LogP contribution in [-0.2, 0) is 13.1 Å². The number of rotatable bonds is 16. The zero-order chi connectivity index (χ0) is 21.3. The fraction of sp³-hybridized carbons (Fsp3) is 0.538. The number of pyridine rings is 1. The fourth-order valence-corrected chi connectivity index (χ4v) is 3.58. The summed E-state index contributed by atoms with van der Waals surface area (Å²) in [5.41, 5.74) is 2.86. The number of amides is 1. The molecule has 0 radical (unpaired) electrons. The van der Waals surface area contributed by atoms with E-state index in [2.05, 4.69) is 22.5 Å². The monoisotopic (exact) mass is 409 g/mol. The molecule has 2 aromatic rings. The van der Waals surface area contributed by atoms with E-state index in [9.17, 15) is 4.79 Å². The van der Waals surface area contributed by atoms with E-state index in [1.165, 1.54) is 57.8 Å². The van der Waals surface area contributed by atoms with E-state index in [-0.39, 0.29) is 5.91 Å². The molecule has 0 unspecified atom stereocenters. The number of carbonyl (C=O) groups excluding carboxylic acids is 1. The van der Waals surface area contributed by atoms with Crippen molar-refractivity contribution in [3.8, 4) is 0 Å². The molecule has 0 bridgehead atoms. The Labute approximate surface area is 182 Å². The van der Waals surface area contributed by atoms with Crippen LogP contribution in [0.15, 0.2) is 48.7 Å². The van der Waals surface area contributed by atoms with Crippen molar-refractivity contribution in [3.63, 3.8) is 0 Å². The summed E-state index contributed by atoms with van der Waals surface area (Å²) < 4.78 is 0. The van der Waals surface area contributed by atoms with Crippen molar-refractivity contribution >= 4 is 5.91 Å². The lowest BCUT2D eigenvalue weighted by Crippen LogP contribution is -2.24. The van der Waals surface area contributed by atoms with Crippen LogP contribution in [0.25, 0.3) is 0 Å². The molecule has 4 nitrogen and oxygen atoms in total. The average molecular weight is 410 g/mol. The molecule has 0 aliphatic rings. The summed E-state index contributed by atoms with van der Waals surface area (Å²) in [6, 6.07) is 13.8. The molecule has 0 aliphatic heterocycles. The standard InChI is InChI=1S/C26H39N3O/c1-2-3-4-5-6-7-8-9-10-12-19-29-26(30)24-16-14-15-23(20-24)21-27-22-25-17-11-13-18-28-25/h11,13-18,20,27H,2-10,12,19,21-22H2,1H3,(H,29,30). The number of benzene rings is 1. The Balaban J connectivity index is 1.55. The summed E-state index contributed by atoms with van der Waals surface area (Å²) >= 11 is 0. The maximum absolute atomic E-state index is 12.4. The summed E-state index contributed by atoms with van der Waals surface area (Å²) in [4.78, 5) is 16.7. The van der Waals surface area contributed by atoms with Crippen molar-refractivity contribution < 1.29 is 4.79 Å². The van der Waals surface area contributed by atoms with Gasteiger partial charge in [-0.05, 0) is 36.2 Å². The van der Waals surface area contributed by atoms with Crippen molar-refractivity contribution in [3.05, 3.63) is 65.5 Å². The van der Waals surface area contributed by atoms with Crippen molar-refractivity contribution in [2.75, 3.05) is 6.54 Å². The summed E-state index contributed by atoms with van der Waals surface area (Å²) in [6.07, 6.45) is 14.9. The first kappa shape index (κ1) is 24.1. The van der Waals surface area contributed by atoms with Crippen molar-refractivity contribution in [2.24, 2.45) is 0 Å². The largest absolute Gasteiger partial charge is 0.352 e. The predicted molar refractivity (Wildman–Crippen MR) is 125 cm³/mol. The lowest BCUT2D eigenvalue weighted by atomic mass is 10.1. The third kappa shape index (κ3) is 10.5. The first-order chi connectivity index (χ1) is 14.8. The molecule has 2 rings (SSSR count). The molecular formula is C26H39N3O. The lowest BCUT2D eigenvalue weighted by Gasteiger charge is -2.08. The van der Waals surface area contributed by atoms with Gasteiger partial charge in [-0.3, -0.25) is 9.78 Å². The normalized spacial score (nSPS) is 10.8. The first-order valence-electron chi connectivity index (χ1n) is 11.8. The van der Waals surface area contributed by atoms with Gasteiger partial charge in [-0.2, -0.15) is 0 Å². The maximum Gasteiger partial charge on any atom is 0.251 e. The Morgan fingerprint density at radius 3 is 2.27 bits per heavy atom. The van der Waals surface area contributed by atoms with E-state index in [0.29, 0.717) is 0 Å². The molecule has 1 aromatic heterocycles. The van der Waals surface area contributed by atoms with Gasteiger partial charge in [0.05, 0.1) is 5.69 Å². The van der Waals surface area contributed by atoms with Crippen LogP contribution in [0.4, 0.5) is 0 Å². The number of nitrogens with one attached hydrogen (secondary N) is 2. The smallest absolute Gasteiger partial charge is 0.251 e. The SMILES string of the molecule is CCCCCCCCCCCCNC(=O)c1cccc(CNCc2ccccn2)c1. The van der Waals surface area contributed by atoms with Crippen molar-refractivity contribution in [1.29, 1.82) is 0 Å². The van der Waals surface area contributed by atoms with Gasteiger partial charge in [-0.1, -0.05) is 82.9 Å². The third-order valence-corrected chi connectivity index (χ3v) is 5.37. The molecular weight excluding hydrogens is 370 g/mol. The summed E-state index contributed by atoms with van der Waals surface area (Å²) in [6.45, 7) is 4.46. The molecule has 0 atom stereocenters. The van der Waals surface area contributed by atoms with Gasteiger partial charge in [0, 0.05) is 31.4 Å². The second-order valence-electron chi connectivity index (χ2n) is 8.06. The lowest BCUT2D eigenvalue weighted by molar-refractivity contribution is 0.0953. The molecule has 1 amide bonds. The Kier molecular flexibility index (Phi) is 12.5.